The maximum atomic E-state index is 11.5. The molecule has 80 valence electrons. The molecule has 0 fully saturated rings. The minimum atomic E-state index is 0.200. The van der Waals surface area contributed by atoms with Gasteiger partial charge in [0.15, 0.2) is 0 Å². The number of hydrogen-bond donors (Lipinski definition) is 0. The van der Waals surface area contributed by atoms with Crippen LogP contribution < -0.4 is 0 Å². The molecule has 0 aliphatic heterocycles. The van der Waals surface area contributed by atoms with Gasteiger partial charge in [0.25, 0.3) is 0 Å². The molecule has 0 heterocycles. The van der Waals surface area contributed by atoms with Crippen LogP contribution in [0.3, 0.4) is 0 Å². The number of carbonyl (C=O) groups excluding carboxylic acids is 1. The lowest BCUT2D eigenvalue weighted by Gasteiger charge is -2.07. The van der Waals surface area contributed by atoms with Gasteiger partial charge in [-0.2, -0.15) is 0 Å². The summed E-state index contributed by atoms with van der Waals surface area (Å²) in [6.07, 6.45) is 7.45. The standard InChI is InChI=1S/C13H22O/c1-5-6-10-13(14)12(4)9-7-8-11(2)3/h5,8,12H,1,6-7,9-10H2,2-4H3/t12-/m0/s1. The van der Waals surface area contributed by atoms with Gasteiger partial charge in [-0.3, -0.25) is 4.79 Å². The number of Topliss-reactive ketones (excluding diaryl/α,β-unsaturated/α-hetero) is 1. The summed E-state index contributed by atoms with van der Waals surface area (Å²) in [6.45, 7) is 9.81. The van der Waals surface area contributed by atoms with Crippen LogP contribution in [0.5, 0.6) is 0 Å². The Morgan fingerprint density at radius 3 is 2.50 bits per heavy atom. The monoisotopic (exact) mass is 194 g/mol. The van der Waals surface area contributed by atoms with Crippen LogP contribution >= 0.6 is 0 Å². The number of rotatable bonds is 7. The van der Waals surface area contributed by atoms with E-state index in [2.05, 4.69) is 26.5 Å². The average Bonchev–Trinajstić information content (AvgIpc) is 2.13. The van der Waals surface area contributed by atoms with Crippen molar-refractivity contribution in [2.75, 3.05) is 0 Å². The molecule has 0 radical (unpaired) electrons. The molecule has 0 saturated carbocycles. The zero-order chi connectivity index (χ0) is 11.0. The van der Waals surface area contributed by atoms with Gasteiger partial charge < -0.3 is 0 Å². The third-order valence-electron chi connectivity index (χ3n) is 2.30. The van der Waals surface area contributed by atoms with Gasteiger partial charge in [-0.1, -0.05) is 24.6 Å². The fraction of sp³-hybridized carbons (Fsp3) is 0.615. The zero-order valence-electron chi connectivity index (χ0n) is 9.68. The van der Waals surface area contributed by atoms with Gasteiger partial charge in [0.05, 0.1) is 0 Å². The molecule has 0 bridgehead atoms. The fourth-order valence-corrected chi connectivity index (χ4v) is 1.27. The van der Waals surface area contributed by atoms with Crippen molar-refractivity contribution in [3.05, 3.63) is 24.3 Å². The Morgan fingerprint density at radius 2 is 2.00 bits per heavy atom. The average molecular weight is 194 g/mol. The first kappa shape index (κ1) is 13.2. The SMILES string of the molecule is C=CCCC(=O)[C@@H](C)CCC=C(C)C. The highest BCUT2D eigenvalue weighted by Crippen LogP contribution is 2.11. The maximum Gasteiger partial charge on any atom is 0.136 e. The van der Waals surface area contributed by atoms with Crippen molar-refractivity contribution in [3.8, 4) is 0 Å². The highest BCUT2D eigenvalue weighted by Gasteiger charge is 2.10. The van der Waals surface area contributed by atoms with Crippen molar-refractivity contribution >= 4 is 5.78 Å². The molecule has 0 amide bonds. The van der Waals surface area contributed by atoms with Crippen molar-refractivity contribution in [2.24, 2.45) is 5.92 Å². The van der Waals surface area contributed by atoms with E-state index in [4.69, 9.17) is 0 Å². The molecule has 0 saturated heterocycles. The largest absolute Gasteiger partial charge is 0.299 e. The molecule has 0 aromatic carbocycles. The molecule has 1 heteroatoms. The first-order valence-corrected chi connectivity index (χ1v) is 5.35. The Labute approximate surface area is 87.9 Å². The summed E-state index contributed by atoms with van der Waals surface area (Å²) in [5.74, 6) is 0.567. The van der Waals surface area contributed by atoms with Crippen molar-refractivity contribution < 1.29 is 4.79 Å². The van der Waals surface area contributed by atoms with Gasteiger partial charge in [0.2, 0.25) is 0 Å². The predicted octanol–water partition coefficient (Wildman–Crippen LogP) is 3.90. The van der Waals surface area contributed by atoms with E-state index < -0.39 is 0 Å². The summed E-state index contributed by atoms with van der Waals surface area (Å²) in [4.78, 5) is 11.5. The highest BCUT2D eigenvalue weighted by atomic mass is 16.1. The van der Waals surface area contributed by atoms with Gasteiger partial charge >= 0.3 is 0 Å². The summed E-state index contributed by atoms with van der Waals surface area (Å²) < 4.78 is 0. The summed E-state index contributed by atoms with van der Waals surface area (Å²) in [7, 11) is 0. The van der Waals surface area contributed by atoms with Gasteiger partial charge in [-0.05, 0) is 33.1 Å². The molecule has 0 N–H and O–H groups in total. The summed E-state index contributed by atoms with van der Waals surface area (Å²) in [5, 5.41) is 0. The van der Waals surface area contributed by atoms with Crippen LogP contribution in [-0.4, -0.2) is 5.78 Å². The second-order valence-corrected chi connectivity index (χ2v) is 4.05. The van der Waals surface area contributed by atoms with Crippen molar-refractivity contribution in [1.82, 2.24) is 0 Å². The number of carbonyl (C=O) groups is 1. The van der Waals surface area contributed by atoms with E-state index in [0.717, 1.165) is 19.3 Å². The van der Waals surface area contributed by atoms with Crippen LogP contribution in [0.15, 0.2) is 24.3 Å². The predicted molar refractivity (Wildman–Crippen MR) is 62.3 cm³/mol. The number of allylic oxidation sites excluding steroid dienone is 3. The smallest absolute Gasteiger partial charge is 0.136 e. The lowest BCUT2D eigenvalue weighted by atomic mass is 9.97. The van der Waals surface area contributed by atoms with E-state index in [-0.39, 0.29) is 5.92 Å². The minimum Gasteiger partial charge on any atom is -0.299 e. The summed E-state index contributed by atoms with van der Waals surface area (Å²) in [6, 6.07) is 0. The molecular formula is C13H22O. The fourth-order valence-electron chi connectivity index (χ4n) is 1.27. The number of ketones is 1. The second-order valence-electron chi connectivity index (χ2n) is 4.05. The third-order valence-corrected chi connectivity index (χ3v) is 2.30. The van der Waals surface area contributed by atoms with Crippen molar-refractivity contribution in [1.29, 1.82) is 0 Å². The van der Waals surface area contributed by atoms with Gasteiger partial charge in [-0.15, -0.1) is 6.58 Å². The van der Waals surface area contributed by atoms with E-state index in [1.807, 2.05) is 6.92 Å². The molecule has 0 unspecified atom stereocenters. The molecule has 0 spiro atoms. The van der Waals surface area contributed by atoms with E-state index in [9.17, 15) is 4.79 Å². The van der Waals surface area contributed by atoms with Gasteiger partial charge in [0, 0.05) is 12.3 Å². The quantitative estimate of drug-likeness (QED) is 0.562. The molecule has 0 rings (SSSR count). The van der Waals surface area contributed by atoms with Crippen LogP contribution in [0.4, 0.5) is 0 Å². The van der Waals surface area contributed by atoms with Crippen molar-refractivity contribution in [2.45, 2.75) is 46.5 Å². The van der Waals surface area contributed by atoms with Crippen LogP contribution in [-0.2, 0) is 4.79 Å². The number of hydrogen-bond acceptors (Lipinski definition) is 1. The molecule has 0 aliphatic rings. The molecule has 0 aliphatic carbocycles. The zero-order valence-corrected chi connectivity index (χ0v) is 9.68. The molecule has 1 nitrogen and oxygen atoms in total. The molecular weight excluding hydrogens is 172 g/mol. The lowest BCUT2D eigenvalue weighted by molar-refractivity contribution is -0.122. The first-order chi connectivity index (χ1) is 6.57. The highest BCUT2D eigenvalue weighted by molar-refractivity contribution is 5.80. The maximum absolute atomic E-state index is 11.5. The molecule has 1 atom stereocenters. The molecule has 14 heavy (non-hydrogen) atoms. The normalized spacial score (nSPS) is 11.9. The third kappa shape index (κ3) is 6.64. The van der Waals surface area contributed by atoms with Crippen LogP contribution in [0, 0.1) is 5.92 Å². The van der Waals surface area contributed by atoms with Gasteiger partial charge in [-0.25, -0.2) is 0 Å². The van der Waals surface area contributed by atoms with Crippen LogP contribution in [0.1, 0.15) is 46.5 Å². The van der Waals surface area contributed by atoms with E-state index in [1.54, 1.807) is 6.08 Å². The molecule has 0 aromatic rings. The Balaban J connectivity index is 3.72. The lowest BCUT2D eigenvalue weighted by Crippen LogP contribution is -2.09. The Bertz CT molecular complexity index is 209. The van der Waals surface area contributed by atoms with Gasteiger partial charge in [0.1, 0.15) is 5.78 Å². The Morgan fingerprint density at radius 1 is 1.36 bits per heavy atom. The summed E-state index contributed by atoms with van der Waals surface area (Å²) in [5.41, 5.74) is 1.33. The summed E-state index contributed by atoms with van der Waals surface area (Å²) >= 11 is 0. The molecule has 0 aromatic heterocycles. The van der Waals surface area contributed by atoms with E-state index in [1.165, 1.54) is 5.57 Å². The van der Waals surface area contributed by atoms with Crippen molar-refractivity contribution in [3.63, 3.8) is 0 Å². The topological polar surface area (TPSA) is 17.1 Å². The minimum absolute atomic E-state index is 0.200. The first-order valence-electron chi connectivity index (χ1n) is 5.35. The van der Waals surface area contributed by atoms with E-state index in [0.29, 0.717) is 12.2 Å². The van der Waals surface area contributed by atoms with Crippen LogP contribution in [0.2, 0.25) is 0 Å². The Hall–Kier alpha value is -0.850. The van der Waals surface area contributed by atoms with Crippen LogP contribution in [0.25, 0.3) is 0 Å². The van der Waals surface area contributed by atoms with E-state index >= 15 is 0 Å². The second kappa shape index (κ2) is 7.54. The Kier molecular flexibility index (Phi) is 7.09.